The van der Waals surface area contributed by atoms with Crippen molar-refractivity contribution in [3.63, 3.8) is 0 Å². The first-order valence-electron chi connectivity index (χ1n) is 12.6. The van der Waals surface area contributed by atoms with Gasteiger partial charge in [-0.25, -0.2) is 0 Å². The summed E-state index contributed by atoms with van der Waals surface area (Å²) in [5, 5.41) is 7.06. The monoisotopic (exact) mass is 486 g/mol. The fourth-order valence-corrected chi connectivity index (χ4v) is 4.28. The molecule has 3 aromatic rings. The molecule has 36 heavy (non-hydrogen) atoms. The molecule has 6 nitrogen and oxygen atoms in total. The van der Waals surface area contributed by atoms with Gasteiger partial charge in [0.1, 0.15) is 13.2 Å². The van der Waals surface area contributed by atoms with Crippen LogP contribution < -0.4 is 14.8 Å². The summed E-state index contributed by atoms with van der Waals surface area (Å²) in [6.45, 7) is 2.94. The van der Waals surface area contributed by atoms with Crippen LogP contribution in [-0.2, 0) is 22.8 Å². The van der Waals surface area contributed by atoms with Gasteiger partial charge >= 0.3 is 0 Å². The van der Waals surface area contributed by atoms with Gasteiger partial charge in [0.15, 0.2) is 18.1 Å². The normalized spacial score (nSPS) is 17.5. The van der Waals surface area contributed by atoms with Crippen molar-refractivity contribution in [3.8, 4) is 11.5 Å². The molecule has 0 saturated heterocycles. The second-order valence-corrected chi connectivity index (χ2v) is 9.20. The molecule has 1 saturated carbocycles. The molecule has 0 aromatic heterocycles. The first kappa shape index (κ1) is 25.3. The van der Waals surface area contributed by atoms with E-state index in [2.05, 4.69) is 17.4 Å². The van der Waals surface area contributed by atoms with E-state index in [9.17, 15) is 4.79 Å². The van der Waals surface area contributed by atoms with Crippen LogP contribution in [0, 0.1) is 5.92 Å². The average molecular weight is 487 g/mol. The molecule has 1 aliphatic rings. The molecule has 0 heterocycles. The molecule has 1 N–H and O–H groups in total. The highest BCUT2D eigenvalue weighted by atomic mass is 16.6. The van der Waals surface area contributed by atoms with Gasteiger partial charge in [0.25, 0.3) is 5.91 Å². The van der Waals surface area contributed by atoms with E-state index in [0.29, 0.717) is 30.6 Å². The molecule has 1 fully saturated rings. The molecule has 6 heteroatoms. The van der Waals surface area contributed by atoms with Crippen molar-refractivity contribution in [1.82, 2.24) is 5.32 Å². The van der Waals surface area contributed by atoms with Crippen molar-refractivity contribution in [3.05, 3.63) is 95.6 Å². The number of oxime groups is 1. The first-order chi connectivity index (χ1) is 17.7. The van der Waals surface area contributed by atoms with Crippen LogP contribution in [0.2, 0.25) is 0 Å². The Bertz CT molecular complexity index is 1120. The second kappa shape index (κ2) is 13.3. The molecular weight excluding hydrogens is 452 g/mol. The zero-order chi connectivity index (χ0) is 25.0. The van der Waals surface area contributed by atoms with Crippen molar-refractivity contribution in [2.75, 3.05) is 6.61 Å². The largest absolute Gasteiger partial charge is 0.485 e. The van der Waals surface area contributed by atoms with Gasteiger partial charge in [-0.3, -0.25) is 4.79 Å². The fourth-order valence-electron chi connectivity index (χ4n) is 4.28. The molecule has 188 valence electrons. The molecule has 0 radical (unpaired) electrons. The minimum absolute atomic E-state index is 0.102. The third-order valence-corrected chi connectivity index (χ3v) is 6.37. The summed E-state index contributed by atoms with van der Waals surface area (Å²) < 4.78 is 12.2. The maximum Gasteiger partial charge on any atom is 0.261 e. The SMILES string of the molecule is CC1CCCCC1NC(=O)CO/N=C/c1ccc(OCc2ccccc2)c(OCc2ccccc2)c1. The van der Waals surface area contributed by atoms with E-state index in [-0.39, 0.29) is 18.6 Å². The number of rotatable bonds is 11. The van der Waals surface area contributed by atoms with Crippen LogP contribution in [0.25, 0.3) is 0 Å². The second-order valence-electron chi connectivity index (χ2n) is 9.20. The summed E-state index contributed by atoms with van der Waals surface area (Å²) in [5.74, 6) is 1.63. The number of amides is 1. The highest BCUT2D eigenvalue weighted by Crippen LogP contribution is 2.30. The van der Waals surface area contributed by atoms with Crippen molar-refractivity contribution in [2.24, 2.45) is 11.1 Å². The van der Waals surface area contributed by atoms with Crippen LogP contribution in [0.3, 0.4) is 0 Å². The Morgan fingerprint density at radius 3 is 2.19 bits per heavy atom. The molecule has 3 aromatic carbocycles. The minimum Gasteiger partial charge on any atom is -0.485 e. The maximum absolute atomic E-state index is 12.2. The van der Waals surface area contributed by atoms with Gasteiger partial charge in [-0.05, 0) is 48.1 Å². The van der Waals surface area contributed by atoms with Crippen molar-refractivity contribution < 1.29 is 19.1 Å². The summed E-state index contributed by atoms with van der Waals surface area (Å²) in [6.07, 6.45) is 6.16. The molecule has 2 unspecified atom stereocenters. The number of hydrogen-bond donors (Lipinski definition) is 1. The minimum atomic E-state index is -0.137. The molecule has 1 amide bonds. The third-order valence-electron chi connectivity index (χ3n) is 6.37. The van der Waals surface area contributed by atoms with Gasteiger partial charge in [-0.2, -0.15) is 0 Å². The third kappa shape index (κ3) is 7.87. The predicted molar refractivity (Wildman–Crippen MR) is 141 cm³/mol. The lowest BCUT2D eigenvalue weighted by molar-refractivity contribution is -0.126. The zero-order valence-electron chi connectivity index (χ0n) is 20.8. The van der Waals surface area contributed by atoms with Gasteiger partial charge in [0.2, 0.25) is 0 Å². The Kier molecular flexibility index (Phi) is 9.37. The Labute approximate surface area is 213 Å². The Morgan fingerprint density at radius 1 is 0.889 bits per heavy atom. The van der Waals surface area contributed by atoms with Crippen LogP contribution in [-0.4, -0.2) is 24.8 Å². The van der Waals surface area contributed by atoms with E-state index >= 15 is 0 Å². The molecule has 0 bridgehead atoms. The lowest BCUT2D eigenvalue weighted by Gasteiger charge is -2.29. The van der Waals surface area contributed by atoms with Crippen LogP contribution in [0.4, 0.5) is 0 Å². The number of benzene rings is 3. The average Bonchev–Trinajstić information content (AvgIpc) is 2.92. The van der Waals surface area contributed by atoms with Crippen molar-refractivity contribution in [1.29, 1.82) is 0 Å². The highest BCUT2D eigenvalue weighted by Gasteiger charge is 2.22. The van der Waals surface area contributed by atoms with E-state index in [4.69, 9.17) is 14.3 Å². The lowest BCUT2D eigenvalue weighted by atomic mass is 9.86. The van der Waals surface area contributed by atoms with Crippen LogP contribution in [0.1, 0.15) is 49.3 Å². The lowest BCUT2D eigenvalue weighted by Crippen LogP contribution is -2.42. The Hall–Kier alpha value is -3.80. The Morgan fingerprint density at radius 2 is 1.53 bits per heavy atom. The quantitative estimate of drug-likeness (QED) is 0.271. The summed E-state index contributed by atoms with van der Waals surface area (Å²) in [7, 11) is 0. The molecular formula is C30H34N2O4. The highest BCUT2D eigenvalue weighted by molar-refractivity contribution is 5.81. The van der Waals surface area contributed by atoms with E-state index in [1.165, 1.54) is 6.42 Å². The Balaban J connectivity index is 1.35. The first-order valence-corrected chi connectivity index (χ1v) is 12.6. The summed E-state index contributed by atoms with van der Waals surface area (Å²) in [4.78, 5) is 17.5. The summed E-state index contributed by atoms with van der Waals surface area (Å²) >= 11 is 0. The number of hydrogen-bond acceptors (Lipinski definition) is 5. The van der Waals surface area contributed by atoms with Crippen molar-refractivity contribution in [2.45, 2.75) is 51.9 Å². The van der Waals surface area contributed by atoms with Gasteiger partial charge in [-0.1, -0.05) is 85.6 Å². The van der Waals surface area contributed by atoms with Gasteiger partial charge < -0.3 is 19.6 Å². The van der Waals surface area contributed by atoms with Gasteiger partial charge in [0, 0.05) is 11.6 Å². The summed E-state index contributed by atoms with van der Waals surface area (Å²) in [5.41, 5.74) is 2.92. The van der Waals surface area contributed by atoms with E-state index in [1.807, 2.05) is 78.9 Å². The molecule has 0 spiro atoms. The maximum atomic E-state index is 12.2. The summed E-state index contributed by atoms with van der Waals surface area (Å²) in [6, 6.07) is 25.8. The standard InChI is InChI=1S/C30H34N2O4/c1-23-10-8-9-15-27(23)32-30(33)22-36-31-19-26-16-17-28(34-20-24-11-4-2-5-12-24)29(18-26)35-21-25-13-6-3-7-14-25/h2-7,11-14,16-19,23,27H,8-10,15,20-22H2,1H3,(H,32,33)/b31-19+. The number of ether oxygens (including phenoxy) is 2. The molecule has 2 atom stereocenters. The van der Waals surface area contributed by atoms with E-state index < -0.39 is 0 Å². The predicted octanol–water partition coefficient (Wildman–Crippen LogP) is 5.89. The molecule has 4 rings (SSSR count). The van der Waals surface area contributed by atoms with E-state index in [0.717, 1.165) is 36.0 Å². The fraction of sp³-hybridized carbons (Fsp3) is 0.333. The number of nitrogens with zero attached hydrogens (tertiary/aromatic N) is 1. The zero-order valence-corrected chi connectivity index (χ0v) is 20.8. The number of carbonyl (C=O) groups is 1. The van der Waals surface area contributed by atoms with E-state index in [1.54, 1.807) is 6.21 Å². The number of nitrogens with one attached hydrogen (secondary N) is 1. The van der Waals surface area contributed by atoms with Crippen molar-refractivity contribution >= 4 is 12.1 Å². The van der Waals surface area contributed by atoms with Crippen LogP contribution in [0.15, 0.2) is 84.0 Å². The smallest absolute Gasteiger partial charge is 0.261 e. The van der Waals surface area contributed by atoms with Crippen LogP contribution >= 0.6 is 0 Å². The molecule has 0 aliphatic heterocycles. The van der Waals surface area contributed by atoms with Gasteiger partial charge in [0.05, 0.1) is 6.21 Å². The van der Waals surface area contributed by atoms with Crippen LogP contribution in [0.5, 0.6) is 11.5 Å². The topological polar surface area (TPSA) is 69.2 Å². The van der Waals surface area contributed by atoms with Gasteiger partial charge in [-0.15, -0.1) is 0 Å². The molecule has 1 aliphatic carbocycles. The number of carbonyl (C=O) groups excluding carboxylic acids is 1.